The van der Waals surface area contributed by atoms with Crippen LogP contribution >= 0.6 is 0 Å². The third-order valence-electron chi connectivity index (χ3n) is 3.01. The van der Waals surface area contributed by atoms with E-state index in [9.17, 15) is 18.6 Å². The van der Waals surface area contributed by atoms with Crippen molar-refractivity contribution in [3.8, 4) is 17.6 Å². The molecule has 0 aliphatic carbocycles. The molecule has 0 saturated heterocycles. The van der Waals surface area contributed by atoms with Crippen molar-refractivity contribution >= 4 is 16.1 Å². The summed E-state index contributed by atoms with van der Waals surface area (Å²) in [5.41, 5.74) is 1.04. The van der Waals surface area contributed by atoms with Crippen molar-refractivity contribution in [3.63, 3.8) is 0 Å². The van der Waals surface area contributed by atoms with Gasteiger partial charge in [0.05, 0.1) is 0 Å². The number of nitrogens with zero attached hydrogens (tertiary/aromatic N) is 1. The highest BCUT2D eigenvalue weighted by Gasteiger charge is 2.17. The smallest absolute Gasteiger partial charge is 0.251 e. The summed E-state index contributed by atoms with van der Waals surface area (Å²) in [4.78, 5) is -0.487. The maximum atomic E-state index is 12.2. The highest BCUT2D eigenvalue weighted by atomic mass is 32.2. The van der Waals surface area contributed by atoms with Gasteiger partial charge in [-0.2, -0.15) is 5.26 Å². The Morgan fingerprint density at radius 3 is 2.43 bits per heavy atom. The molecule has 118 valence electrons. The van der Waals surface area contributed by atoms with E-state index in [2.05, 4.69) is 4.72 Å². The second kappa shape index (κ2) is 6.96. The molecular weight excluding hydrogens is 316 g/mol. The van der Waals surface area contributed by atoms with Crippen LogP contribution in [0.1, 0.15) is 11.1 Å². The zero-order chi connectivity index (χ0) is 16.9. The summed E-state index contributed by atoms with van der Waals surface area (Å²) >= 11 is 0. The Balaban J connectivity index is 2.23. The van der Waals surface area contributed by atoms with E-state index in [0.29, 0.717) is 0 Å². The fourth-order valence-corrected chi connectivity index (χ4v) is 2.73. The molecule has 0 aliphatic heterocycles. The van der Waals surface area contributed by atoms with Gasteiger partial charge in [-0.25, -0.2) is 13.1 Å². The van der Waals surface area contributed by atoms with Crippen LogP contribution in [0.3, 0.4) is 0 Å². The van der Waals surface area contributed by atoms with Gasteiger partial charge >= 0.3 is 0 Å². The van der Waals surface area contributed by atoms with E-state index in [1.165, 1.54) is 18.2 Å². The second-order valence-electron chi connectivity index (χ2n) is 4.68. The van der Waals surface area contributed by atoms with E-state index >= 15 is 0 Å². The molecule has 0 spiro atoms. The quantitative estimate of drug-likeness (QED) is 0.574. The minimum Gasteiger partial charge on any atom is -0.504 e. The fraction of sp³-hybridized carbons (Fsp3) is 0.0625. The molecule has 2 aromatic carbocycles. The Morgan fingerprint density at radius 2 is 1.83 bits per heavy atom. The van der Waals surface area contributed by atoms with Gasteiger partial charge in [-0.05, 0) is 29.3 Å². The zero-order valence-corrected chi connectivity index (χ0v) is 12.8. The third-order valence-corrected chi connectivity index (χ3v) is 4.32. The highest BCUT2D eigenvalue weighted by Crippen LogP contribution is 2.26. The average molecular weight is 330 g/mol. The first-order chi connectivity index (χ1) is 10.9. The van der Waals surface area contributed by atoms with Gasteiger partial charge in [0.2, 0.25) is 0 Å². The van der Waals surface area contributed by atoms with Crippen molar-refractivity contribution in [1.29, 1.82) is 5.26 Å². The number of benzene rings is 2. The van der Waals surface area contributed by atoms with Gasteiger partial charge in [0, 0.05) is 6.54 Å². The van der Waals surface area contributed by atoms with E-state index < -0.39 is 20.7 Å². The third kappa shape index (κ3) is 4.32. The summed E-state index contributed by atoms with van der Waals surface area (Å²) in [5, 5.41) is 27.7. The first-order valence-corrected chi connectivity index (χ1v) is 8.08. The maximum absolute atomic E-state index is 12.2. The Labute approximate surface area is 134 Å². The van der Waals surface area contributed by atoms with Crippen LogP contribution in [-0.2, 0) is 16.6 Å². The van der Waals surface area contributed by atoms with Crippen molar-refractivity contribution in [1.82, 2.24) is 4.72 Å². The number of phenolic OH excluding ortho intramolecular Hbond substituents is 2. The van der Waals surface area contributed by atoms with Crippen LogP contribution < -0.4 is 4.72 Å². The number of sulfonamides is 1. The molecule has 0 unspecified atom stereocenters. The molecule has 0 heterocycles. The number of nitrogens with one attached hydrogen (secondary N) is 1. The predicted molar refractivity (Wildman–Crippen MR) is 85.6 cm³/mol. The van der Waals surface area contributed by atoms with Crippen LogP contribution in [0.2, 0.25) is 0 Å². The molecule has 0 aromatic heterocycles. The topological polar surface area (TPSA) is 110 Å². The standard InChI is InChI=1S/C16H14N2O4S/c17-10-14(8-13-6-7-15(19)16(20)9-13)23(21,22)18-11-12-4-2-1-3-5-12/h1-9,18-20H,11H2/b14-8-. The molecule has 2 rings (SSSR count). The van der Waals surface area contributed by atoms with Crippen LogP contribution in [0.5, 0.6) is 11.5 Å². The maximum Gasteiger partial charge on any atom is 0.251 e. The Kier molecular flexibility index (Phi) is 5.01. The number of aromatic hydroxyl groups is 2. The molecular formula is C16H14N2O4S. The van der Waals surface area contributed by atoms with Gasteiger partial charge in [0.25, 0.3) is 10.0 Å². The number of phenols is 2. The summed E-state index contributed by atoms with van der Waals surface area (Å²) in [7, 11) is -3.99. The van der Waals surface area contributed by atoms with Crippen LogP contribution in [0.15, 0.2) is 53.4 Å². The van der Waals surface area contributed by atoms with Crippen molar-refractivity contribution in [2.45, 2.75) is 6.54 Å². The van der Waals surface area contributed by atoms with Crippen molar-refractivity contribution < 1.29 is 18.6 Å². The van der Waals surface area contributed by atoms with Crippen molar-refractivity contribution in [2.24, 2.45) is 0 Å². The van der Waals surface area contributed by atoms with Crippen molar-refractivity contribution in [2.75, 3.05) is 0 Å². The summed E-state index contributed by atoms with van der Waals surface area (Å²) in [6, 6.07) is 14.3. The van der Waals surface area contributed by atoms with Gasteiger partial charge in [0.15, 0.2) is 16.4 Å². The minimum absolute atomic E-state index is 0.0586. The lowest BCUT2D eigenvalue weighted by molar-refractivity contribution is 0.403. The van der Waals surface area contributed by atoms with Crippen molar-refractivity contribution in [3.05, 3.63) is 64.6 Å². The SMILES string of the molecule is N#C/C(=C/c1ccc(O)c(O)c1)S(=O)(=O)NCc1ccccc1. The van der Waals surface area contributed by atoms with E-state index in [0.717, 1.165) is 11.6 Å². The van der Waals surface area contributed by atoms with E-state index in [1.807, 2.05) is 6.07 Å². The molecule has 0 bridgehead atoms. The molecule has 6 nitrogen and oxygen atoms in total. The van der Waals surface area contributed by atoms with E-state index in [4.69, 9.17) is 5.26 Å². The van der Waals surface area contributed by atoms with Crippen LogP contribution in [-0.4, -0.2) is 18.6 Å². The minimum atomic E-state index is -3.99. The highest BCUT2D eigenvalue weighted by molar-refractivity contribution is 7.93. The molecule has 0 aliphatic rings. The van der Waals surface area contributed by atoms with Gasteiger partial charge in [-0.1, -0.05) is 36.4 Å². The molecule has 0 radical (unpaired) electrons. The van der Waals surface area contributed by atoms with Gasteiger partial charge < -0.3 is 10.2 Å². The largest absolute Gasteiger partial charge is 0.504 e. The second-order valence-corrected chi connectivity index (χ2v) is 6.41. The molecule has 7 heteroatoms. The predicted octanol–water partition coefficient (Wildman–Crippen LogP) is 2.08. The van der Waals surface area contributed by atoms with Gasteiger partial charge in [0.1, 0.15) is 6.07 Å². The normalized spacial score (nSPS) is 11.9. The lowest BCUT2D eigenvalue weighted by Gasteiger charge is -2.06. The number of allylic oxidation sites excluding steroid dienone is 1. The van der Waals surface area contributed by atoms with Gasteiger partial charge in [-0.3, -0.25) is 0 Å². The number of rotatable bonds is 5. The molecule has 23 heavy (non-hydrogen) atoms. The summed E-state index contributed by atoms with van der Waals surface area (Å²) < 4.78 is 26.7. The molecule has 0 fully saturated rings. The molecule has 2 aromatic rings. The average Bonchev–Trinajstić information content (AvgIpc) is 2.55. The summed E-state index contributed by atoms with van der Waals surface area (Å²) in [5.74, 6) is -0.726. The van der Waals surface area contributed by atoms with E-state index in [-0.39, 0.29) is 17.9 Å². The van der Waals surface area contributed by atoms with Crippen LogP contribution in [0.25, 0.3) is 6.08 Å². The molecule has 3 N–H and O–H groups in total. The van der Waals surface area contributed by atoms with Crippen LogP contribution in [0.4, 0.5) is 0 Å². The summed E-state index contributed by atoms with van der Waals surface area (Å²) in [6.07, 6.45) is 1.12. The summed E-state index contributed by atoms with van der Waals surface area (Å²) in [6.45, 7) is 0.0586. The number of nitriles is 1. The molecule has 0 atom stereocenters. The lowest BCUT2D eigenvalue weighted by Crippen LogP contribution is -2.24. The Morgan fingerprint density at radius 1 is 1.13 bits per heavy atom. The molecule has 0 saturated carbocycles. The van der Waals surface area contributed by atoms with Crippen LogP contribution in [0, 0.1) is 11.3 Å². The first-order valence-electron chi connectivity index (χ1n) is 6.60. The number of hydrogen-bond acceptors (Lipinski definition) is 5. The Hall–Kier alpha value is -2.82. The van der Waals surface area contributed by atoms with E-state index in [1.54, 1.807) is 30.3 Å². The first kappa shape index (κ1) is 16.5. The number of hydrogen-bond donors (Lipinski definition) is 3. The molecule has 0 amide bonds. The Bertz CT molecular complexity index is 869. The lowest BCUT2D eigenvalue weighted by atomic mass is 10.2. The zero-order valence-electron chi connectivity index (χ0n) is 12.0. The van der Waals surface area contributed by atoms with Gasteiger partial charge in [-0.15, -0.1) is 0 Å². The monoisotopic (exact) mass is 330 g/mol. The fourth-order valence-electron chi connectivity index (χ4n) is 1.80.